The molecule has 0 amide bonds. The number of halogens is 1. The molecule has 2 aromatic carbocycles. The molecule has 0 N–H and O–H groups in total. The fourth-order valence-corrected chi connectivity index (χ4v) is 2.57. The Balaban J connectivity index is 2.43. The third kappa shape index (κ3) is 3.09. The maximum absolute atomic E-state index is 14.1. The number of carbonyl (C=O) groups is 1. The van der Waals surface area contributed by atoms with Crippen LogP contribution in [0.4, 0.5) is 4.39 Å². The van der Waals surface area contributed by atoms with Crippen LogP contribution in [0.5, 0.6) is 0 Å². The van der Waals surface area contributed by atoms with Gasteiger partial charge in [0.1, 0.15) is 5.82 Å². The fourth-order valence-electron chi connectivity index (χ4n) is 2.57. The van der Waals surface area contributed by atoms with Crippen molar-refractivity contribution in [3.8, 4) is 0 Å². The minimum Gasteiger partial charge on any atom is -0.380 e. The van der Waals surface area contributed by atoms with E-state index >= 15 is 0 Å². The summed E-state index contributed by atoms with van der Waals surface area (Å²) in [6.45, 7) is 5.94. The van der Waals surface area contributed by atoms with Crippen LogP contribution in [-0.2, 0) is 16.8 Å². The lowest BCUT2D eigenvalue weighted by Crippen LogP contribution is -2.30. The Hall–Kier alpha value is -2.00. The molecule has 116 valence electrons. The molecule has 0 fully saturated rings. The van der Waals surface area contributed by atoms with Crippen LogP contribution in [0, 0.1) is 12.7 Å². The first-order chi connectivity index (χ1) is 10.4. The molecule has 0 aliphatic heterocycles. The number of aryl methyl sites for hydroxylation is 1. The number of carbonyl (C=O) groups excluding carboxylic acids is 1. The molecule has 0 spiro atoms. The number of hydrogen-bond acceptors (Lipinski definition) is 2. The third-order valence-corrected chi connectivity index (χ3v) is 4.03. The molecular weight excluding hydrogens is 279 g/mol. The average molecular weight is 300 g/mol. The molecule has 0 radical (unpaired) electrons. The van der Waals surface area contributed by atoms with Crippen molar-refractivity contribution in [3.05, 3.63) is 70.5 Å². The summed E-state index contributed by atoms with van der Waals surface area (Å²) in [5.74, 6) is -0.458. The van der Waals surface area contributed by atoms with Gasteiger partial charge < -0.3 is 4.74 Å². The molecule has 0 heterocycles. The van der Waals surface area contributed by atoms with Gasteiger partial charge >= 0.3 is 0 Å². The SMILES string of the molecule is COCc1cc(C(=O)C(C)(C)c2ccccc2F)ccc1C. The highest BCUT2D eigenvalue weighted by Gasteiger charge is 2.33. The number of hydrogen-bond donors (Lipinski definition) is 0. The van der Waals surface area contributed by atoms with Gasteiger partial charge in [0.05, 0.1) is 12.0 Å². The molecule has 0 aromatic heterocycles. The van der Waals surface area contributed by atoms with Crippen molar-refractivity contribution in [2.45, 2.75) is 32.8 Å². The molecule has 0 aliphatic carbocycles. The summed E-state index contributed by atoms with van der Waals surface area (Å²) in [5, 5.41) is 0. The summed E-state index contributed by atoms with van der Waals surface area (Å²) in [4.78, 5) is 12.9. The first-order valence-corrected chi connectivity index (χ1v) is 7.26. The van der Waals surface area contributed by atoms with Gasteiger partial charge in [0, 0.05) is 18.2 Å². The summed E-state index contributed by atoms with van der Waals surface area (Å²) in [7, 11) is 1.62. The van der Waals surface area contributed by atoms with E-state index in [1.807, 2.05) is 19.1 Å². The van der Waals surface area contributed by atoms with Crippen LogP contribution < -0.4 is 0 Å². The quantitative estimate of drug-likeness (QED) is 0.763. The van der Waals surface area contributed by atoms with Crippen LogP contribution in [-0.4, -0.2) is 12.9 Å². The van der Waals surface area contributed by atoms with Crippen molar-refractivity contribution in [2.24, 2.45) is 0 Å². The van der Waals surface area contributed by atoms with E-state index in [2.05, 4.69) is 0 Å². The van der Waals surface area contributed by atoms with Crippen LogP contribution >= 0.6 is 0 Å². The summed E-state index contributed by atoms with van der Waals surface area (Å²) < 4.78 is 19.2. The van der Waals surface area contributed by atoms with E-state index in [1.54, 1.807) is 45.2 Å². The molecule has 2 rings (SSSR count). The number of benzene rings is 2. The van der Waals surface area contributed by atoms with Crippen LogP contribution in [0.25, 0.3) is 0 Å². The molecule has 0 unspecified atom stereocenters. The first-order valence-electron chi connectivity index (χ1n) is 7.26. The van der Waals surface area contributed by atoms with Gasteiger partial charge in [0.2, 0.25) is 0 Å². The standard InChI is InChI=1S/C19H21FO2/c1-13-9-10-14(11-15(13)12-22-4)18(21)19(2,3)16-7-5-6-8-17(16)20/h5-11H,12H2,1-4H3. The molecule has 22 heavy (non-hydrogen) atoms. The summed E-state index contributed by atoms with van der Waals surface area (Å²) in [6, 6.07) is 12.0. The maximum Gasteiger partial charge on any atom is 0.172 e. The van der Waals surface area contributed by atoms with E-state index in [0.29, 0.717) is 17.7 Å². The highest BCUT2D eigenvalue weighted by Crippen LogP contribution is 2.30. The van der Waals surface area contributed by atoms with E-state index in [9.17, 15) is 9.18 Å². The normalized spacial score (nSPS) is 11.5. The van der Waals surface area contributed by atoms with Crippen molar-refractivity contribution >= 4 is 5.78 Å². The predicted molar refractivity (Wildman–Crippen MR) is 85.6 cm³/mol. The Morgan fingerprint density at radius 2 is 1.86 bits per heavy atom. The number of ether oxygens (including phenoxy) is 1. The van der Waals surface area contributed by atoms with E-state index < -0.39 is 5.41 Å². The van der Waals surface area contributed by atoms with Crippen LogP contribution in [0.1, 0.15) is 40.9 Å². The Labute approximate surface area is 130 Å². The van der Waals surface area contributed by atoms with Gasteiger partial charge in [-0.05, 0) is 44.0 Å². The Bertz CT molecular complexity index is 690. The van der Waals surface area contributed by atoms with Gasteiger partial charge in [0.25, 0.3) is 0 Å². The lowest BCUT2D eigenvalue weighted by molar-refractivity contribution is 0.0905. The zero-order chi connectivity index (χ0) is 16.3. The maximum atomic E-state index is 14.1. The van der Waals surface area contributed by atoms with Gasteiger partial charge in [-0.2, -0.15) is 0 Å². The Morgan fingerprint density at radius 1 is 1.18 bits per heavy atom. The number of rotatable bonds is 5. The largest absolute Gasteiger partial charge is 0.380 e. The van der Waals surface area contributed by atoms with E-state index in [0.717, 1.165) is 11.1 Å². The van der Waals surface area contributed by atoms with Crippen LogP contribution in [0.15, 0.2) is 42.5 Å². The predicted octanol–water partition coefficient (Wildman–Crippen LogP) is 4.44. The smallest absolute Gasteiger partial charge is 0.172 e. The second-order valence-electron chi connectivity index (χ2n) is 6.01. The van der Waals surface area contributed by atoms with Crippen molar-refractivity contribution in [1.82, 2.24) is 0 Å². The van der Waals surface area contributed by atoms with Crippen molar-refractivity contribution in [1.29, 1.82) is 0 Å². The average Bonchev–Trinajstić information content (AvgIpc) is 2.49. The lowest BCUT2D eigenvalue weighted by atomic mass is 9.77. The van der Waals surface area contributed by atoms with Gasteiger partial charge in [-0.3, -0.25) is 4.79 Å². The highest BCUT2D eigenvalue weighted by atomic mass is 19.1. The fraction of sp³-hybridized carbons (Fsp3) is 0.316. The molecule has 0 saturated heterocycles. The molecule has 3 heteroatoms. The van der Waals surface area contributed by atoms with E-state index in [-0.39, 0.29) is 11.6 Å². The molecule has 2 aromatic rings. The van der Waals surface area contributed by atoms with Gasteiger partial charge in [-0.1, -0.05) is 30.3 Å². The van der Waals surface area contributed by atoms with Gasteiger partial charge in [-0.25, -0.2) is 4.39 Å². The highest BCUT2D eigenvalue weighted by molar-refractivity contribution is 6.03. The number of methoxy groups -OCH3 is 1. The van der Waals surface area contributed by atoms with Crippen LogP contribution in [0.3, 0.4) is 0 Å². The number of ketones is 1. The minimum absolute atomic E-state index is 0.102. The van der Waals surface area contributed by atoms with Crippen molar-refractivity contribution in [3.63, 3.8) is 0 Å². The second-order valence-corrected chi connectivity index (χ2v) is 6.01. The molecule has 0 saturated carbocycles. The molecule has 0 atom stereocenters. The van der Waals surface area contributed by atoms with Gasteiger partial charge in [0.15, 0.2) is 5.78 Å². The number of Topliss-reactive ketones (excluding diaryl/α,β-unsaturated/α-hetero) is 1. The summed E-state index contributed by atoms with van der Waals surface area (Å²) >= 11 is 0. The third-order valence-electron chi connectivity index (χ3n) is 4.03. The molecule has 0 bridgehead atoms. The zero-order valence-corrected chi connectivity index (χ0v) is 13.4. The van der Waals surface area contributed by atoms with Gasteiger partial charge in [-0.15, -0.1) is 0 Å². The summed E-state index contributed by atoms with van der Waals surface area (Å²) in [5.41, 5.74) is 2.10. The molecule has 2 nitrogen and oxygen atoms in total. The zero-order valence-electron chi connectivity index (χ0n) is 13.4. The monoisotopic (exact) mass is 300 g/mol. The Kier molecular flexibility index (Phi) is 4.77. The minimum atomic E-state index is -0.926. The Morgan fingerprint density at radius 3 is 2.50 bits per heavy atom. The van der Waals surface area contributed by atoms with Crippen molar-refractivity contribution < 1.29 is 13.9 Å². The summed E-state index contributed by atoms with van der Waals surface area (Å²) in [6.07, 6.45) is 0. The second kappa shape index (κ2) is 6.41. The van der Waals surface area contributed by atoms with Crippen LogP contribution in [0.2, 0.25) is 0 Å². The van der Waals surface area contributed by atoms with E-state index in [1.165, 1.54) is 6.07 Å². The van der Waals surface area contributed by atoms with Crippen molar-refractivity contribution in [2.75, 3.05) is 7.11 Å². The lowest BCUT2D eigenvalue weighted by Gasteiger charge is -2.24. The first kappa shape index (κ1) is 16.4. The van der Waals surface area contributed by atoms with E-state index in [4.69, 9.17) is 4.74 Å². The molecular formula is C19H21FO2. The molecule has 0 aliphatic rings. The topological polar surface area (TPSA) is 26.3 Å².